The Labute approximate surface area is 213 Å². The van der Waals surface area contributed by atoms with Crippen LogP contribution in [0.3, 0.4) is 0 Å². The van der Waals surface area contributed by atoms with Gasteiger partial charge in [-0.3, -0.25) is 4.79 Å². The molecule has 0 radical (unpaired) electrons. The third-order valence-corrected chi connectivity index (χ3v) is 11.6. The van der Waals surface area contributed by atoms with Gasteiger partial charge < -0.3 is 19.9 Å². The lowest BCUT2D eigenvalue weighted by molar-refractivity contribution is -0.183. The topological polar surface area (TPSA) is 67.8 Å². The van der Waals surface area contributed by atoms with Gasteiger partial charge in [-0.1, -0.05) is 33.1 Å². The summed E-state index contributed by atoms with van der Waals surface area (Å²) in [5, 5.41) is 15.2. The van der Waals surface area contributed by atoms with Crippen molar-refractivity contribution < 1.29 is 19.4 Å². The number of hydrogen-bond donors (Lipinski definition) is 2. The Morgan fingerprint density at radius 3 is 2.43 bits per heavy atom. The summed E-state index contributed by atoms with van der Waals surface area (Å²) in [6.07, 6.45) is 13.8. The summed E-state index contributed by atoms with van der Waals surface area (Å²) in [4.78, 5) is 13.1. The molecule has 0 bridgehead atoms. The van der Waals surface area contributed by atoms with Crippen molar-refractivity contribution in [2.75, 3.05) is 13.2 Å². The molecule has 0 aromatic heterocycles. The van der Waals surface area contributed by atoms with Crippen LogP contribution in [-0.2, 0) is 14.3 Å². The molecule has 0 aromatic carbocycles. The van der Waals surface area contributed by atoms with Crippen LogP contribution in [0.25, 0.3) is 0 Å². The fourth-order valence-electron chi connectivity index (χ4n) is 10.2. The predicted molar refractivity (Wildman–Crippen MR) is 138 cm³/mol. The molecule has 5 fully saturated rings. The highest BCUT2D eigenvalue weighted by atomic mass is 16.5. The standard InChI is InChI=1S/C30H51NO4/c1-5-34-26-18-29(3)19(16-25(26)32)12-13-21-22-14-15-23(28(33)35-6-2)30(22,4)17-24(27(21)29)31-20-10-8-7-9-11-20/h19-27,31-32H,5-18H2,1-4H3/t19?,21-,22-,23?,24?,25?,26?,27-,29-,30-/m0/s1. The summed E-state index contributed by atoms with van der Waals surface area (Å²) in [5.74, 6) is 2.49. The van der Waals surface area contributed by atoms with E-state index in [4.69, 9.17) is 9.47 Å². The Balaban J connectivity index is 1.48. The third-order valence-electron chi connectivity index (χ3n) is 11.6. The Hall–Kier alpha value is -0.650. The molecular weight excluding hydrogens is 438 g/mol. The lowest BCUT2D eigenvalue weighted by Gasteiger charge is -2.64. The first kappa shape index (κ1) is 26.0. The number of esters is 1. The van der Waals surface area contributed by atoms with Crippen LogP contribution in [0.4, 0.5) is 0 Å². The summed E-state index contributed by atoms with van der Waals surface area (Å²) in [5.41, 5.74) is 0.202. The first-order valence-electron chi connectivity index (χ1n) is 15.0. The quantitative estimate of drug-likeness (QED) is 0.483. The predicted octanol–water partition coefficient (Wildman–Crippen LogP) is 5.49. The van der Waals surface area contributed by atoms with E-state index in [2.05, 4.69) is 26.1 Å². The van der Waals surface area contributed by atoms with Gasteiger partial charge in [0.05, 0.1) is 24.7 Å². The maximum Gasteiger partial charge on any atom is 0.309 e. The molecule has 5 heteroatoms. The van der Waals surface area contributed by atoms with Crippen LogP contribution >= 0.6 is 0 Å². The van der Waals surface area contributed by atoms with E-state index in [1.54, 1.807) is 0 Å². The van der Waals surface area contributed by atoms with Gasteiger partial charge in [0.25, 0.3) is 0 Å². The maximum atomic E-state index is 13.1. The highest BCUT2D eigenvalue weighted by Crippen LogP contribution is 2.67. The zero-order valence-corrected chi connectivity index (χ0v) is 22.8. The summed E-state index contributed by atoms with van der Waals surface area (Å²) in [6.45, 7) is 10.1. The van der Waals surface area contributed by atoms with Crippen LogP contribution in [0.2, 0.25) is 0 Å². The van der Waals surface area contributed by atoms with E-state index >= 15 is 0 Å². The molecule has 2 N–H and O–H groups in total. The van der Waals surface area contributed by atoms with Crippen LogP contribution in [0.15, 0.2) is 0 Å². The molecule has 35 heavy (non-hydrogen) atoms. The number of hydrogen-bond acceptors (Lipinski definition) is 5. The Kier molecular flexibility index (Phi) is 7.61. The van der Waals surface area contributed by atoms with E-state index in [9.17, 15) is 9.90 Å². The molecule has 5 saturated carbocycles. The largest absolute Gasteiger partial charge is 0.466 e. The van der Waals surface area contributed by atoms with Crippen molar-refractivity contribution in [2.24, 2.45) is 40.4 Å². The van der Waals surface area contributed by atoms with Crippen molar-refractivity contribution in [1.29, 1.82) is 0 Å². The second kappa shape index (κ2) is 10.3. The number of ether oxygens (including phenoxy) is 2. The molecule has 0 spiro atoms. The smallest absolute Gasteiger partial charge is 0.309 e. The maximum absolute atomic E-state index is 13.1. The van der Waals surface area contributed by atoms with Gasteiger partial charge in [0, 0.05) is 18.7 Å². The minimum atomic E-state index is -0.331. The normalized spacial score (nSPS) is 48.0. The molecule has 5 aliphatic carbocycles. The van der Waals surface area contributed by atoms with E-state index in [1.165, 1.54) is 44.9 Å². The van der Waals surface area contributed by atoms with Crippen molar-refractivity contribution in [3.63, 3.8) is 0 Å². The summed E-state index contributed by atoms with van der Waals surface area (Å²) in [7, 11) is 0. The number of carbonyl (C=O) groups is 1. The Morgan fingerprint density at radius 2 is 1.71 bits per heavy atom. The Morgan fingerprint density at radius 1 is 0.943 bits per heavy atom. The van der Waals surface area contributed by atoms with Crippen LogP contribution < -0.4 is 5.32 Å². The summed E-state index contributed by atoms with van der Waals surface area (Å²) in [6, 6.07) is 1.04. The van der Waals surface area contributed by atoms with E-state index < -0.39 is 0 Å². The van der Waals surface area contributed by atoms with E-state index in [1.807, 2.05) is 6.92 Å². The monoisotopic (exact) mass is 489 g/mol. The first-order valence-corrected chi connectivity index (χ1v) is 15.0. The van der Waals surface area contributed by atoms with Gasteiger partial charge in [0.15, 0.2) is 0 Å². The zero-order chi connectivity index (χ0) is 24.8. The molecule has 5 aliphatic rings. The second-order valence-electron chi connectivity index (χ2n) is 13.3. The van der Waals surface area contributed by atoms with Crippen molar-refractivity contribution in [3.05, 3.63) is 0 Å². The van der Waals surface area contributed by atoms with E-state index in [0.29, 0.717) is 49.0 Å². The van der Waals surface area contributed by atoms with Crippen LogP contribution in [0.1, 0.15) is 105 Å². The van der Waals surface area contributed by atoms with E-state index in [0.717, 1.165) is 32.1 Å². The van der Waals surface area contributed by atoms with Crippen molar-refractivity contribution >= 4 is 5.97 Å². The summed E-state index contributed by atoms with van der Waals surface area (Å²) >= 11 is 0. The molecule has 200 valence electrons. The lowest BCUT2D eigenvalue weighted by atomic mass is 9.43. The molecule has 0 heterocycles. The fraction of sp³-hybridized carbons (Fsp3) is 0.967. The van der Waals surface area contributed by atoms with Gasteiger partial charge in [-0.25, -0.2) is 0 Å². The van der Waals surface area contributed by atoms with Gasteiger partial charge >= 0.3 is 5.97 Å². The second-order valence-corrected chi connectivity index (χ2v) is 13.3. The number of nitrogens with one attached hydrogen (secondary N) is 1. The highest BCUT2D eigenvalue weighted by Gasteiger charge is 2.65. The molecule has 5 unspecified atom stereocenters. The molecule has 5 nitrogen and oxygen atoms in total. The fourth-order valence-corrected chi connectivity index (χ4v) is 10.2. The van der Waals surface area contributed by atoms with Crippen LogP contribution in [-0.4, -0.2) is 48.6 Å². The average molecular weight is 490 g/mol. The number of fused-ring (bicyclic) bond motifs is 5. The van der Waals surface area contributed by atoms with Gasteiger partial charge in [-0.2, -0.15) is 0 Å². The molecule has 10 atom stereocenters. The molecule has 0 amide bonds. The Bertz CT molecular complexity index is 753. The minimum absolute atomic E-state index is 0.0243. The molecule has 0 aromatic rings. The van der Waals surface area contributed by atoms with Crippen molar-refractivity contribution in [3.8, 4) is 0 Å². The molecular formula is C30H51NO4. The minimum Gasteiger partial charge on any atom is -0.466 e. The van der Waals surface area contributed by atoms with Crippen LogP contribution in [0.5, 0.6) is 0 Å². The van der Waals surface area contributed by atoms with E-state index in [-0.39, 0.29) is 34.9 Å². The molecule has 0 saturated heterocycles. The zero-order valence-electron chi connectivity index (χ0n) is 22.8. The van der Waals surface area contributed by atoms with Crippen LogP contribution in [0, 0.1) is 40.4 Å². The van der Waals surface area contributed by atoms with Gasteiger partial charge in [0.1, 0.15) is 0 Å². The number of rotatable bonds is 6. The van der Waals surface area contributed by atoms with Gasteiger partial charge in [0.2, 0.25) is 0 Å². The lowest BCUT2D eigenvalue weighted by Crippen LogP contribution is -2.65. The first-order chi connectivity index (χ1) is 16.8. The van der Waals surface area contributed by atoms with Gasteiger partial charge in [-0.15, -0.1) is 0 Å². The van der Waals surface area contributed by atoms with Gasteiger partial charge in [-0.05, 0) is 106 Å². The molecule has 0 aliphatic heterocycles. The SMILES string of the molecule is CCOC(=O)C1CC[C@H]2[C@@H]3CCC4CC(O)C(OCC)C[C@]4(C)[C@@H]3C(NC3CCCCC3)C[C@]12C. The summed E-state index contributed by atoms with van der Waals surface area (Å²) < 4.78 is 11.7. The number of aliphatic hydroxyl groups excluding tert-OH is 1. The van der Waals surface area contributed by atoms with Crippen molar-refractivity contribution in [2.45, 2.75) is 129 Å². The number of carbonyl (C=O) groups excluding carboxylic acids is 1. The number of aliphatic hydroxyl groups is 1. The van der Waals surface area contributed by atoms with Crippen molar-refractivity contribution in [1.82, 2.24) is 5.32 Å². The average Bonchev–Trinajstić information content (AvgIpc) is 3.17. The third kappa shape index (κ3) is 4.50. The molecule has 5 rings (SSSR count). The highest BCUT2D eigenvalue weighted by molar-refractivity contribution is 5.74.